The van der Waals surface area contributed by atoms with Crippen molar-refractivity contribution >= 4 is 34.8 Å². The van der Waals surface area contributed by atoms with Crippen molar-refractivity contribution in [3.8, 4) is 0 Å². The van der Waals surface area contributed by atoms with Crippen molar-refractivity contribution in [1.82, 2.24) is 0 Å². The second-order valence-corrected chi connectivity index (χ2v) is 3.79. The van der Waals surface area contributed by atoms with Gasteiger partial charge in [-0.25, -0.2) is 0 Å². The van der Waals surface area contributed by atoms with Gasteiger partial charge in [-0.3, -0.25) is 4.79 Å². The number of nitrogens with one attached hydrogen (secondary N) is 1. The van der Waals surface area contributed by atoms with E-state index >= 15 is 0 Å². The maximum absolute atomic E-state index is 12.0. The van der Waals surface area contributed by atoms with Crippen LogP contribution in [0.2, 0.25) is 10.0 Å². The normalized spacial score (nSPS) is 11.4. The van der Waals surface area contributed by atoms with Crippen LogP contribution in [-0.4, -0.2) is 12.1 Å². The summed E-state index contributed by atoms with van der Waals surface area (Å²) < 4.78 is 36.0. The SMILES string of the molecule is Cc1ccc(Cl)c(NC(=O)C(F)(F)F)c1Cl. The predicted octanol–water partition coefficient (Wildman–Crippen LogP) is 3.80. The lowest BCUT2D eigenvalue weighted by Crippen LogP contribution is -2.30. The molecule has 1 aromatic carbocycles. The Labute approximate surface area is 99.3 Å². The molecule has 0 fully saturated rings. The number of rotatable bonds is 1. The number of carbonyl (C=O) groups excluding carboxylic acids is 1. The lowest BCUT2D eigenvalue weighted by Gasteiger charge is -2.12. The summed E-state index contributed by atoms with van der Waals surface area (Å²) in [6.45, 7) is 1.59. The Morgan fingerprint density at radius 2 is 1.88 bits per heavy atom. The fourth-order valence-corrected chi connectivity index (χ4v) is 1.42. The quantitative estimate of drug-likeness (QED) is 0.827. The topological polar surface area (TPSA) is 29.1 Å². The summed E-state index contributed by atoms with van der Waals surface area (Å²) >= 11 is 11.4. The van der Waals surface area contributed by atoms with E-state index in [4.69, 9.17) is 23.2 Å². The summed E-state index contributed by atoms with van der Waals surface area (Å²) in [5.74, 6) is -2.11. The molecule has 0 aromatic heterocycles. The lowest BCUT2D eigenvalue weighted by atomic mass is 10.2. The summed E-state index contributed by atoms with van der Waals surface area (Å²) in [6, 6.07) is 2.89. The number of halogens is 5. The van der Waals surface area contributed by atoms with Crippen LogP contribution in [0.1, 0.15) is 5.56 Å². The summed E-state index contributed by atoms with van der Waals surface area (Å²) in [6.07, 6.45) is -4.98. The molecule has 1 amide bonds. The van der Waals surface area contributed by atoms with Gasteiger partial charge in [0, 0.05) is 0 Å². The van der Waals surface area contributed by atoms with E-state index in [2.05, 4.69) is 0 Å². The number of hydrogen-bond donors (Lipinski definition) is 1. The van der Waals surface area contributed by atoms with Crippen LogP contribution in [-0.2, 0) is 4.79 Å². The van der Waals surface area contributed by atoms with Crippen molar-refractivity contribution in [2.45, 2.75) is 13.1 Å². The van der Waals surface area contributed by atoms with Gasteiger partial charge in [0.05, 0.1) is 15.7 Å². The lowest BCUT2D eigenvalue weighted by molar-refractivity contribution is -0.167. The zero-order valence-electron chi connectivity index (χ0n) is 7.95. The summed E-state index contributed by atoms with van der Waals surface area (Å²) in [4.78, 5) is 10.7. The zero-order valence-corrected chi connectivity index (χ0v) is 9.46. The molecule has 0 aliphatic carbocycles. The monoisotopic (exact) mass is 271 g/mol. The summed E-state index contributed by atoms with van der Waals surface area (Å²) in [5.41, 5.74) is 0.286. The van der Waals surface area contributed by atoms with Gasteiger partial charge in [0.15, 0.2) is 0 Å². The predicted molar refractivity (Wildman–Crippen MR) is 55.9 cm³/mol. The van der Waals surface area contributed by atoms with Gasteiger partial charge in [-0.15, -0.1) is 0 Å². The average molecular weight is 272 g/mol. The molecular formula is C9H6Cl2F3NO. The highest BCUT2D eigenvalue weighted by Gasteiger charge is 2.39. The number of aryl methyl sites for hydroxylation is 1. The smallest absolute Gasteiger partial charge is 0.316 e. The Morgan fingerprint density at radius 3 is 2.38 bits per heavy atom. The molecule has 7 heteroatoms. The first kappa shape index (κ1) is 13.1. The molecule has 0 unspecified atom stereocenters. The molecule has 1 aromatic rings. The van der Waals surface area contributed by atoms with Crippen LogP contribution < -0.4 is 5.32 Å². The number of anilines is 1. The molecule has 0 bridgehead atoms. The summed E-state index contributed by atoms with van der Waals surface area (Å²) in [7, 11) is 0. The number of carbonyl (C=O) groups is 1. The Hall–Kier alpha value is -0.940. The van der Waals surface area contributed by atoms with Crippen molar-refractivity contribution in [1.29, 1.82) is 0 Å². The van der Waals surface area contributed by atoms with Gasteiger partial charge >= 0.3 is 12.1 Å². The fourth-order valence-electron chi connectivity index (χ4n) is 0.956. The number of amides is 1. The molecule has 2 nitrogen and oxygen atoms in total. The maximum Gasteiger partial charge on any atom is 0.471 e. The van der Waals surface area contributed by atoms with E-state index in [1.165, 1.54) is 12.1 Å². The van der Waals surface area contributed by atoms with Gasteiger partial charge < -0.3 is 5.32 Å². The first-order chi connectivity index (χ1) is 7.23. The zero-order chi connectivity index (χ0) is 12.5. The van der Waals surface area contributed by atoms with Crippen molar-refractivity contribution in [3.05, 3.63) is 27.7 Å². The second-order valence-electron chi connectivity index (χ2n) is 3.01. The molecule has 1 rings (SSSR count). The molecule has 0 aliphatic heterocycles. The molecule has 0 heterocycles. The highest BCUT2D eigenvalue weighted by Crippen LogP contribution is 2.33. The largest absolute Gasteiger partial charge is 0.471 e. The van der Waals surface area contributed by atoms with Gasteiger partial charge in [0.2, 0.25) is 0 Å². The van der Waals surface area contributed by atoms with E-state index < -0.39 is 12.1 Å². The maximum atomic E-state index is 12.0. The minimum atomic E-state index is -4.98. The Balaban J connectivity index is 3.07. The van der Waals surface area contributed by atoms with Crippen LogP contribution in [0, 0.1) is 6.92 Å². The Kier molecular flexibility index (Phi) is 3.70. The third-order valence-corrected chi connectivity index (χ3v) is 2.58. The number of hydrogen-bond acceptors (Lipinski definition) is 1. The molecule has 16 heavy (non-hydrogen) atoms. The number of alkyl halides is 3. The van der Waals surface area contributed by atoms with Crippen LogP contribution in [0.5, 0.6) is 0 Å². The van der Waals surface area contributed by atoms with E-state index in [0.717, 1.165) is 0 Å². The van der Waals surface area contributed by atoms with Gasteiger partial charge in [0.25, 0.3) is 0 Å². The second kappa shape index (κ2) is 4.51. The fraction of sp³-hybridized carbons (Fsp3) is 0.222. The van der Waals surface area contributed by atoms with Gasteiger partial charge in [0.1, 0.15) is 0 Å². The van der Waals surface area contributed by atoms with Crippen LogP contribution in [0.25, 0.3) is 0 Å². The molecule has 0 saturated carbocycles. The molecule has 0 spiro atoms. The molecule has 0 saturated heterocycles. The standard InChI is InChI=1S/C9H6Cl2F3NO/c1-4-2-3-5(10)7(6(4)11)15-8(16)9(12,13)14/h2-3H,1H3,(H,15,16). The van der Waals surface area contributed by atoms with Crippen molar-refractivity contribution in [2.24, 2.45) is 0 Å². The molecule has 0 aliphatic rings. The van der Waals surface area contributed by atoms with E-state index in [1.807, 2.05) is 0 Å². The van der Waals surface area contributed by atoms with Gasteiger partial charge in [-0.1, -0.05) is 29.3 Å². The van der Waals surface area contributed by atoms with E-state index in [0.29, 0.717) is 5.56 Å². The minimum Gasteiger partial charge on any atom is -0.316 e. The van der Waals surface area contributed by atoms with Crippen LogP contribution in [0.4, 0.5) is 18.9 Å². The van der Waals surface area contributed by atoms with E-state index in [1.54, 1.807) is 12.2 Å². The van der Waals surface area contributed by atoms with Gasteiger partial charge in [-0.2, -0.15) is 13.2 Å². The Bertz CT molecular complexity index is 431. The van der Waals surface area contributed by atoms with Crippen LogP contribution in [0.3, 0.4) is 0 Å². The van der Waals surface area contributed by atoms with Crippen LogP contribution >= 0.6 is 23.2 Å². The minimum absolute atomic E-state index is 0.00917. The highest BCUT2D eigenvalue weighted by molar-refractivity contribution is 6.40. The van der Waals surface area contributed by atoms with E-state index in [-0.39, 0.29) is 15.7 Å². The average Bonchev–Trinajstić information content (AvgIpc) is 2.17. The molecule has 1 N–H and O–H groups in total. The van der Waals surface area contributed by atoms with Crippen molar-refractivity contribution < 1.29 is 18.0 Å². The molecule has 0 atom stereocenters. The van der Waals surface area contributed by atoms with E-state index in [9.17, 15) is 18.0 Å². The van der Waals surface area contributed by atoms with Gasteiger partial charge in [-0.05, 0) is 18.6 Å². The van der Waals surface area contributed by atoms with Crippen molar-refractivity contribution in [2.75, 3.05) is 5.32 Å². The third kappa shape index (κ3) is 2.80. The Morgan fingerprint density at radius 1 is 1.31 bits per heavy atom. The first-order valence-corrected chi connectivity index (χ1v) is 4.82. The highest BCUT2D eigenvalue weighted by atomic mass is 35.5. The third-order valence-electron chi connectivity index (χ3n) is 1.78. The first-order valence-electron chi connectivity index (χ1n) is 4.06. The summed E-state index contributed by atoms with van der Waals surface area (Å²) in [5, 5.41) is 1.57. The van der Waals surface area contributed by atoms with Crippen molar-refractivity contribution in [3.63, 3.8) is 0 Å². The molecular weight excluding hydrogens is 266 g/mol. The molecule has 0 radical (unpaired) electrons. The molecule has 88 valence electrons. The number of benzene rings is 1. The van der Waals surface area contributed by atoms with Crippen LogP contribution in [0.15, 0.2) is 12.1 Å².